The molecule has 55 heavy (non-hydrogen) atoms. The molecule has 0 bridgehead atoms. The van der Waals surface area contributed by atoms with Gasteiger partial charge in [-0.3, -0.25) is 24.0 Å². The molecule has 18 heteroatoms. The van der Waals surface area contributed by atoms with Crippen LogP contribution in [0.2, 0.25) is 0 Å². The molecule has 0 spiro atoms. The molecule has 0 saturated heterocycles. The predicted molar refractivity (Wildman–Crippen MR) is 206 cm³/mol. The second-order valence-electron chi connectivity index (χ2n) is 13.3. The van der Waals surface area contributed by atoms with Crippen molar-refractivity contribution in [3.05, 3.63) is 0 Å². The molecule has 0 aliphatic heterocycles. The van der Waals surface area contributed by atoms with E-state index < -0.39 is 18.0 Å². The van der Waals surface area contributed by atoms with Gasteiger partial charge in [-0.2, -0.15) is 0 Å². The van der Waals surface area contributed by atoms with Gasteiger partial charge < -0.3 is 55.2 Å². The zero-order valence-electron chi connectivity index (χ0n) is 33.0. The third kappa shape index (κ3) is 38.5. The van der Waals surface area contributed by atoms with Crippen LogP contribution in [0.5, 0.6) is 0 Å². The molecule has 0 radical (unpaired) electrons. The highest BCUT2D eigenvalue weighted by molar-refractivity contribution is 6.58. The molecule has 0 saturated carbocycles. The van der Waals surface area contributed by atoms with Crippen molar-refractivity contribution < 1.29 is 62.7 Å². The maximum absolute atomic E-state index is 12.3. The van der Waals surface area contributed by atoms with E-state index in [-0.39, 0.29) is 127 Å². The minimum absolute atomic E-state index is 0.0267. The Morgan fingerprint density at radius 2 is 0.891 bits per heavy atom. The number of nitrogens with one attached hydrogen (secondary N) is 4. The molecule has 0 aromatic heterocycles. The van der Waals surface area contributed by atoms with Crippen molar-refractivity contribution in [1.82, 2.24) is 21.3 Å². The fourth-order valence-corrected chi connectivity index (χ4v) is 5.19. The summed E-state index contributed by atoms with van der Waals surface area (Å²) in [5.41, 5.74) is -0.151. The van der Waals surface area contributed by atoms with Crippen LogP contribution in [0.15, 0.2) is 0 Å². The summed E-state index contributed by atoms with van der Waals surface area (Å²) in [6, 6.07) is -1.14. The number of aliphatic carboxylic acids is 2. The van der Waals surface area contributed by atoms with Gasteiger partial charge in [-0.25, -0.2) is 4.79 Å². The molecule has 0 unspecified atom stereocenters. The summed E-state index contributed by atoms with van der Waals surface area (Å²) in [5.74, 6) is -3.30. The van der Waals surface area contributed by atoms with Gasteiger partial charge in [-0.05, 0) is 19.3 Å². The van der Waals surface area contributed by atoms with Crippen LogP contribution in [-0.4, -0.2) is 138 Å². The number of carbonyl (C=O) groups excluding carboxylic acids is 5. The van der Waals surface area contributed by atoms with Crippen LogP contribution in [0, 0.1) is 0 Å². The standard InChI is InChI=1S/C37H67BN4O13/c38-31(43)27-41-35(47)29-55-26-24-53-22-20-40-34(46)28-54-25-23-52-21-19-39-32(44)18-17-30(37(50)51)42-33(45)15-13-11-9-7-5-3-1-2-4-6-8-10-12-14-16-36(48)49/h30H,1-29,38H2,(H,39,44)(H,40,46)(H,41,47)(H,42,45)(H,48,49)(H,50,51)/t30-/m0/s1. The SMILES string of the molecule is BC(=O)CNC(=O)COCCOCCNC(=O)COCCOCCNC(=O)CC[C@H](NC(=O)CCCCCCCCCCCCCCCCC(=O)O)C(=O)O. The predicted octanol–water partition coefficient (Wildman–Crippen LogP) is 1.24. The molecular formula is C37H67BN4O13. The van der Waals surface area contributed by atoms with Crippen LogP contribution in [0.4, 0.5) is 0 Å². The third-order valence-corrected chi connectivity index (χ3v) is 8.22. The quantitative estimate of drug-likeness (QED) is 0.0379. The van der Waals surface area contributed by atoms with E-state index >= 15 is 0 Å². The zero-order valence-corrected chi connectivity index (χ0v) is 33.0. The van der Waals surface area contributed by atoms with Crippen molar-refractivity contribution in [3.8, 4) is 0 Å². The van der Waals surface area contributed by atoms with Crippen molar-refractivity contribution in [2.75, 3.05) is 72.5 Å². The van der Waals surface area contributed by atoms with E-state index in [0.29, 0.717) is 6.42 Å². The second-order valence-corrected chi connectivity index (χ2v) is 13.3. The van der Waals surface area contributed by atoms with E-state index in [9.17, 15) is 38.7 Å². The molecule has 17 nitrogen and oxygen atoms in total. The highest BCUT2D eigenvalue weighted by Gasteiger charge is 2.20. The average Bonchev–Trinajstić information content (AvgIpc) is 3.14. The summed E-state index contributed by atoms with van der Waals surface area (Å²) in [6.45, 7) is 1.34. The summed E-state index contributed by atoms with van der Waals surface area (Å²) < 4.78 is 21.0. The van der Waals surface area contributed by atoms with Crippen LogP contribution in [0.3, 0.4) is 0 Å². The zero-order chi connectivity index (χ0) is 40.8. The van der Waals surface area contributed by atoms with Crippen molar-refractivity contribution in [2.45, 2.75) is 122 Å². The Morgan fingerprint density at radius 3 is 1.35 bits per heavy atom. The molecule has 0 rings (SSSR count). The molecule has 0 heterocycles. The number of rotatable bonds is 40. The normalized spacial score (nSPS) is 11.4. The Bertz CT molecular complexity index is 1080. The number of hydrogen-bond acceptors (Lipinski definition) is 11. The first-order valence-electron chi connectivity index (χ1n) is 19.9. The Hall–Kier alpha value is -3.61. The van der Waals surface area contributed by atoms with Crippen molar-refractivity contribution in [1.29, 1.82) is 0 Å². The van der Waals surface area contributed by atoms with E-state index in [4.69, 9.17) is 24.1 Å². The lowest BCUT2D eigenvalue weighted by atomic mass is 10.0. The Kier molecular flexibility index (Phi) is 34.9. The van der Waals surface area contributed by atoms with Crippen LogP contribution < -0.4 is 21.3 Å². The molecule has 0 aromatic rings. The fourth-order valence-electron chi connectivity index (χ4n) is 5.19. The lowest BCUT2D eigenvalue weighted by Crippen LogP contribution is -2.41. The molecule has 0 aromatic carbocycles. The van der Waals surface area contributed by atoms with Crippen molar-refractivity contribution >= 4 is 49.1 Å². The van der Waals surface area contributed by atoms with E-state index in [1.807, 2.05) is 0 Å². The van der Waals surface area contributed by atoms with Gasteiger partial charge in [-0.1, -0.05) is 77.0 Å². The molecule has 0 aliphatic rings. The number of ether oxygens (including phenoxy) is 4. The topological polar surface area (TPSA) is 245 Å². The molecule has 316 valence electrons. The monoisotopic (exact) mass is 786 g/mol. The number of amides is 4. The summed E-state index contributed by atoms with van der Waals surface area (Å²) in [6.07, 6.45) is 15.5. The third-order valence-electron chi connectivity index (χ3n) is 8.22. The smallest absolute Gasteiger partial charge is 0.326 e. The lowest BCUT2D eigenvalue weighted by Gasteiger charge is -2.14. The van der Waals surface area contributed by atoms with Crippen LogP contribution >= 0.6 is 0 Å². The van der Waals surface area contributed by atoms with Gasteiger partial charge >= 0.3 is 11.9 Å². The minimum Gasteiger partial charge on any atom is -0.481 e. The van der Waals surface area contributed by atoms with Crippen molar-refractivity contribution in [2.24, 2.45) is 0 Å². The number of hydrogen-bond donors (Lipinski definition) is 6. The summed E-state index contributed by atoms with van der Waals surface area (Å²) >= 11 is 0. The van der Waals surface area contributed by atoms with Gasteiger partial charge in [-0.15, -0.1) is 0 Å². The van der Waals surface area contributed by atoms with Crippen LogP contribution in [0.25, 0.3) is 0 Å². The molecule has 0 aliphatic carbocycles. The molecule has 1 atom stereocenters. The maximum atomic E-state index is 12.3. The average molecular weight is 787 g/mol. The second kappa shape index (κ2) is 37.3. The Morgan fingerprint density at radius 1 is 0.473 bits per heavy atom. The fraction of sp³-hybridized carbons (Fsp3) is 0.811. The number of carboxylic acid groups (broad SMARTS) is 2. The number of carboxylic acids is 2. The Balaban J connectivity index is 3.66. The van der Waals surface area contributed by atoms with Gasteiger partial charge in [0.05, 0.1) is 46.2 Å². The molecule has 6 N–H and O–H groups in total. The first-order chi connectivity index (χ1) is 26.5. The summed E-state index contributed by atoms with van der Waals surface area (Å²) in [7, 11) is 1.37. The number of carbonyl (C=O) groups is 7. The number of unbranched alkanes of at least 4 members (excludes halogenated alkanes) is 13. The van der Waals surface area contributed by atoms with Gasteiger partial charge in [0.2, 0.25) is 23.6 Å². The van der Waals surface area contributed by atoms with E-state index in [1.165, 1.54) is 52.8 Å². The van der Waals surface area contributed by atoms with Gasteiger partial charge in [0.1, 0.15) is 24.9 Å². The largest absolute Gasteiger partial charge is 0.481 e. The first kappa shape index (κ1) is 51.4. The summed E-state index contributed by atoms with van der Waals surface area (Å²) in [4.78, 5) is 80.5. The Labute approximate surface area is 326 Å². The van der Waals surface area contributed by atoms with Gasteiger partial charge in [0.25, 0.3) is 0 Å². The summed E-state index contributed by atoms with van der Waals surface area (Å²) in [5, 5.41) is 28.3. The molecular weight excluding hydrogens is 719 g/mol. The maximum Gasteiger partial charge on any atom is 0.326 e. The van der Waals surface area contributed by atoms with E-state index in [0.717, 1.165) is 38.5 Å². The lowest BCUT2D eigenvalue weighted by molar-refractivity contribution is -0.142. The van der Waals surface area contributed by atoms with Crippen LogP contribution in [0.1, 0.15) is 116 Å². The van der Waals surface area contributed by atoms with Crippen molar-refractivity contribution in [3.63, 3.8) is 0 Å². The minimum atomic E-state index is -1.18. The molecule has 4 amide bonds. The van der Waals surface area contributed by atoms with Gasteiger partial charge in [0.15, 0.2) is 7.85 Å². The van der Waals surface area contributed by atoms with Crippen LogP contribution in [-0.2, 0) is 52.5 Å². The van der Waals surface area contributed by atoms with E-state index in [2.05, 4.69) is 21.3 Å². The first-order valence-corrected chi connectivity index (χ1v) is 19.9. The highest BCUT2D eigenvalue weighted by atomic mass is 16.5. The van der Waals surface area contributed by atoms with E-state index in [1.54, 1.807) is 0 Å². The highest BCUT2D eigenvalue weighted by Crippen LogP contribution is 2.14. The molecule has 0 fully saturated rings. The van der Waals surface area contributed by atoms with Gasteiger partial charge in [0, 0.05) is 32.4 Å².